The largest absolute Gasteiger partial charge is 0.354 e. The number of rotatable bonds is 1. The van der Waals surface area contributed by atoms with Gasteiger partial charge in [-0.2, -0.15) is 0 Å². The number of fused-ring (bicyclic) bond motifs is 1. The molecule has 0 spiro atoms. The molecule has 0 amide bonds. The second-order valence-electron chi connectivity index (χ2n) is 3.27. The quantitative estimate of drug-likeness (QED) is 0.630. The molecule has 0 unspecified atom stereocenters. The van der Waals surface area contributed by atoms with Gasteiger partial charge in [0, 0.05) is 5.02 Å². The lowest BCUT2D eigenvalue weighted by Gasteiger charge is -1.94. The summed E-state index contributed by atoms with van der Waals surface area (Å²) in [7, 11) is 0. The Morgan fingerprint density at radius 2 is 2.12 bits per heavy atom. The number of halogens is 2. The molecule has 2 heterocycles. The summed E-state index contributed by atoms with van der Waals surface area (Å²) >= 11 is 13.6. The van der Waals surface area contributed by atoms with E-state index in [1.54, 1.807) is 17.4 Å². The van der Waals surface area contributed by atoms with Crippen LogP contribution in [0.4, 0.5) is 0 Å². The molecule has 0 fully saturated rings. The highest BCUT2D eigenvalue weighted by Crippen LogP contribution is 2.36. The van der Waals surface area contributed by atoms with E-state index in [4.69, 9.17) is 27.7 Å². The SMILES string of the molecule is Clc1cc(Cl)c2onc(-c3cccs3)c2c1. The van der Waals surface area contributed by atoms with E-state index in [-0.39, 0.29) is 0 Å². The average Bonchev–Trinajstić information content (AvgIpc) is 2.83. The molecule has 1 aromatic carbocycles. The summed E-state index contributed by atoms with van der Waals surface area (Å²) in [6.45, 7) is 0. The van der Waals surface area contributed by atoms with E-state index < -0.39 is 0 Å². The molecule has 5 heteroatoms. The molecule has 2 nitrogen and oxygen atoms in total. The first-order valence-electron chi connectivity index (χ1n) is 4.54. The van der Waals surface area contributed by atoms with Crippen LogP contribution in [0.25, 0.3) is 21.5 Å². The average molecular weight is 270 g/mol. The van der Waals surface area contributed by atoms with Crippen molar-refractivity contribution >= 4 is 45.5 Å². The predicted molar refractivity (Wildman–Crippen MR) is 67.3 cm³/mol. The summed E-state index contributed by atoms with van der Waals surface area (Å²) in [6.07, 6.45) is 0. The van der Waals surface area contributed by atoms with Crippen LogP contribution in [0.3, 0.4) is 0 Å². The Kier molecular flexibility index (Phi) is 2.39. The van der Waals surface area contributed by atoms with Crippen LogP contribution in [0.2, 0.25) is 10.0 Å². The number of thiophene rings is 1. The zero-order valence-corrected chi connectivity index (χ0v) is 10.2. The van der Waals surface area contributed by atoms with Crippen molar-refractivity contribution < 1.29 is 4.52 Å². The van der Waals surface area contributed by atoms with E-state index >= 15 is 0 Å². The van der Waals surface area contributed by atoms with Gasteiger partial charge in [-0.3, -0.25) is 0 Å². The molecule has 0 aliphatic carbocycles. The van der Waals surface area contributed by atoms with Crippen molar-refractivity contribution in [3.8, 4) is 10.6 Å². The minimum atomic E-state index is 0.484. The fourth-order valence-electron chi connectivity index (χ4n) is 1.56. The summed E-state index contributed by atoms with van der Waals surface area (Å²) in [5.74, 6) is 0. The van der Waals surface area contributed by atoms with Gasteiger partial charge in [0.25, 0.3) is 0 Å². The maximum absolute atomic E-state index is 6.02. The van der Waals surface area contributed by atoms with Crippen molar-refractivity contribution in [2.24, 2.45) is 0 Å². The number of aromatic nitrogens is 1. The highest BCUT2D eigenvalue weighted by atomic mass is 35.5. The van der Waals surface area contributed by atoms with Crippen LogP contribution in [-0.2, 0) is 0 Å². The summed E-state index contributed by atoms with van der Waals surface area (Å²) in [5, 5.41) is 7.93. The Morgan fingerprint density at radius 1 is 1.25 bits per heavy atom. The van der Waals surface area contributed by atoms with Gasteiger partial charge >= 0.3 is 0 Å². The van der Waals surface area contributed by atoms with Crippen molar-refractivity contribution in [1.82, 2.24) is 5.16 Å². The van der Waals surface area contributed by atoms with Gasteiger partial charge < -0.3 is 4.52 Å². The van der Waals surface area contributed by atoms with E-state index in [1.807, 2.05) is 23.6 Å². The van der Waals surface area contributed by atoms with Crippen LogP contribution in [0.15, 0.2) is 34.2 Å². The number of hydrogen-bond donors (Lipinski definition) is 0. The third kappa shape index (κ3) is 1.52. The Labute approximate surface area is 105 Å². The van der Waals surface area contributed by atoms with E-state index in [0.717, 1.165) is 16.0 Å². The van der Waals surface area contributed by atoms with Crippen molar-refractivity contribution in [3.63, 3.8) is 0 Å². The molecule has 3 aromatic rings. The molecule has 0 aliphatic heterocycles. The molecule has 0 bridgehead atoms. The Bertz CT molecular complexity index is 645. The van der Waals surface area contributed by atoms with Gasteiger partial charge in [-0.05, 0) is 23.6 Å². The molecule has 16 heavy (non-hydrogen) atoms. The van der Waals surface area contributed by atoms with Crippen molar-refractivity contribution in [3.05, 3.63) is 39.7 Å². The Hall–Kier alpha value is -1.03. The number of nitrogens with zero attached hydrogens (tertiary/aromatic N) is 1. The minimum Gasteiger partial charge on any atom is -0.354 e. The first-order valence-corrected chi connectivity index (χ1v) is 6.17. The van der Waals surface area contributed by atoms with Gasteiger partial charge in [0.15, 0.2) is 5.58 Å². The lowest BCUT2D eigenvalue weighted by Crippen LogP contribution is -1.73. The molecule has 2 aromatic heterocycles. The molecular formula is C11H5Cl2NOS. The third-order valence-corrected chi connectivity index (χ3v) is 3.62. The van der Waals surface area contributed by atoms with Gasteiger partial charge in [-0.25, -0.2) is 0 Å². The second kappa shape index (κ2) is 3.77. The van der Waals surface area contributed by atoms with Gasteiger partial charge in [-0.1, -0.05) is 34.4 Å². The summed E-state index contributed by atoms with van der Waals surface area (Å²) < 4.78 is 5.22. The van der Waals surface area contributed by atoms with Crippen LogP contribution < -0.4 is 0 Å². The molecule has 3 rings (SSSR count). The maximum atomic E-state index is 6.02. The molecule has 0 N–H and O–H groups in total. The standard InChI is InChI=1S/C11H5Cl2NOS/c12-6-4-7-10(9-2-1-3-16-9)14-15-11(7)8(13)5-6/h1-5H. The Balaban J connectivity index is 2.35. The molecule has 0 saturated carbocycles. The predicted octanol–water partition coefficient (Wildman–Crippen LogP) is 4.86. The fourth-order valence-corrected chi connectivity index (χ4v) is 2.81. The maximum Gasteiger partial charge on any atom is 0.186 e. The van der Waals surface area contributed by atoms with Gasteiger partial charge in [0.05, 0.1) is 15.3 Å². The van der Waals surface area contributed by atoms with Crippen molar-refractivity contribution in [2.45, 2.75) is 0 Å². The number of benzene rings is 1. The van der Waals surface area contributed by atoms with E-state index in [0.29, 0.717) is 15.6 Å². The lowest BCUT2D eigenvalue weighted by molar-refractivity contribution is 0.460. The third-order valence-electron chi connectivity index (χ3n) is 2.25. The normalized spacial score (nSPS) is 11.1. The second-order valence-corrected chi connectivity index (χ2v) is 5.06. The van der Waals surface area contributed by atoms with Gasteiger partial charge in [0.1, 0.15) is 5.69 Å². The number of hydrogen-bond acceptors (Lipinski definition) is 3. The van der Waals surface area contributed by atoms with Crippen LogP contribution in [0.1, 0.15) is 0 Å². The van der Waals surface area contributed by atoms with Crippen LogP contribution in [-0.4, -0.2) is 5.16 Å². The Morgan fingerprint density at radius 3 is 2.88 bits per heavy atom. The topological polar surface area (TPSA) is 26.0 Å². The van der Waals surface area contributed by atoms with Crippen molar-refractivity contribution in [1.29, 1.82) is 0 Å². The first kappa shape index (κ1) is 10.1. The van der Waals surface area contributed by atoms with E-state index in [9.17, 15) is 0 Å². The van der Waals surface area contributed by atoms with Crippen LogP contribution in [0, 0.1) is 0 Å². The highest BCUT2D eigenvalue weighted by Gasteiger charge is 2.14. The zero-order valence-electron chi connectivity index (χ0n) is 7.91. The lowest BCUT2D eigenvalue weighted by atomic mass is 10.2. The highest BCUT2D eigenvalue weighted by molar-refractivity contribution is 7.13. The molecule has 80 valence electrons. The molecule has 0 saturated heterocycles. The van der Waals surface area contributed by atoms with E-state index in [2.05, 4.69) is 5.16 Å². The summed E-state index contributed by atoms with van der Waals surface area (Å²) in [4.78, 5) is 1.04. The molecule has 0 aliphatic rings. The van der Waals surface area contributed by atoms with Crippen LogP contribution >= 0.6 is 34.5 Å². The summed E-state index contributed by atoms with van der Waals surface area (Å²) in [5.41, 5.74) is 1.36. The molecule has 0 radical (unpaired) electrons. The van der Waals surface area contributed by atoms with Crippen LogP contribution in [0.5, 0.6) is 0 Å². The smallest absolute Gasteiger partial charge is 0.186 e. The monoisotopic (exact) mass is 269 g/mol. The zero-order chi connectivity index (χ0) is 11.1. The molecule has 0 atom stereocenters. The van der Waals surface area contributed by atoms with Crippen molar-refractivity contribution in [2.75, 3.05) is 0 Å². The minimum absolute atomic E-state index is 0.484. The first-order chi connectivity index (χ1) is 7.75. The molecular weight excluding hydrogens is 265 g/mol. The van der Waals surface area contributed by atoms with Gasteiger partial charge in [0.2, 0.25) is 0 Å². The fraction of sp³-hybridized carbons (Fsp3) is 0. The van der Waals surface area contributed by atoms with E-state index in [1.165, 1.54) is 0 Å². The summed E-state index contributed by atoms with van der Waals surface area (Å²) in [6, 6.07) is 7.41. The van der Waals surface area contributed by atoms with Gasteiger partial charge in [-0.15, -0.1) is 11.3 Å².